The van der Waals surface area contributed by atoms with Crippen LogP contribution in [0.5, 0.6) is 0 Å². The summed E-state index contributed by atoms with van der Waals surface area (Å²) in [4.78, 5) is 0. The Morgan fingerprint density at radius 3 is 2.56 bits per heavy atom. The Kier molecular flexibility index (Phi) is 3.23. The highest BCUT2D eigenvalue weighted by atomic mass is 19.1. The molecule has 0 saturated heterocycles. The third-order valence-electron chi connectivity index (χ3n) is 3.52. The Morgan fingerprint density at radius 2 is 2.12 bits per heavy atom. The van der Waals surface area contributed by atoms with Crippen LogP contribution in [0.25, 0.3) is 0 Å². The molecular weight excluding hydrogens is 207 g/mol. The van der Waals surface area contributed by atoms with Crippen LogP contribution in [0.3, 0.4) is 0 Å². The topological polar surface area (TPSA) is 47.3 Å². The molecule has 0 radical (unpaired) electrons. The molecule has 1 aromatic carbocycles. The van der Waals surface area contributed by atoms with Gasteiger partial charge in [0.25, 0.3) is 0 Å². The maximum absolute atomic E-state index is 13.7. The fourth-order valence-electron chi connectivity index (χ4n) is 2.37. The van der Waals surface area contributed by atoms with E-state index in [1.54, 1.807) is 19.2 Å². The van der Waals surface area contributed by atoms with Crippen molar-refractivity contribution in [2.45, 2.75) is 30.9 Å². The second-order valence-corrected chi connectivity index (χ2v) is 4.24. The fraction of sp³-hybridized carbons (Fsp3) is 0.500. The molecule has 1 aromatic rings. The third-order valence-corrected chi connectivity index (χ3v) is 3.52. The molecule has 88 valence electrons. The first-order valence-corrected chi connectivity index (χ1v) is 5.49. The van der Waals surface area contributed by atoms with Gasteiger partial charge in [-0.05, 0) is 25.3 Å². The van der Waals surface area contributed by atoms with Gasteiger partial charge in [0.15, 0.2) is 0 Å². The highest BCUT2D eigenvalue weighted by Gasteiger charge is 2.45. The first-order valence-electron chi connectivity index (χ1n) is 5.49. The van der Waals surface area contributed by atoms with Crippen molar-refractivity contribution in [1.82, 2.24) is 5.43 Å². The van der Waals surface area contributed by atoms with Crippen LogP contribution in [0.2, 0.25) is 0 Å². The largest absolute Gasteiger partial charge is 0.376 e. The number of hydrogen-bond acceptors (Lipinski definition) is 3. The van der Waals surface area contributed by atoms with Crippen LogP contribution >= 0.6 is 0 Å². The van der Waals surface area contributed by atoms with E-state index in [0.29, 0.717) is 5.56 Å². The van der Waals surface area contributed by atoms with E-state index in [1.807, 2.05) is 6.07 Å². The van der Waals surface area contributed by atoms with Crippen molar-refractivity contribution in [3.05, 3.63) is 35.6 Å². The first kappa shape index (κ1) is 11.5. The molecule has 2 rings (SSSR count). The summed E-state index contributed by atoms with van der Waals surface area (Å²) in [6.07, 6.45) is 2.92. The van der Waals surface area contributed by atoms with Crippen molar-refractivity contribution in [2.75, 3.05) is 7.11 Å². The summed E-state index contributed by atoms with van der Waals surface area (Å²) in [5, 5.41) is 0. The molecule has 0 spiro atoms. The van der Waals surface area contributed by atoms with Gasteiger partial charge in [-0.25, -0.2) is 9.82 Å². The number of nitrogens with two attached hydrogens (primary N) is 1. The molecule has 3 N–H and O–H groups in total. The van der Waals surface area contributed by atoms with Gasteiger partial charge >= 0.3 is 0 Å². The predicted molar refractivity (Wildman–Crippen MR) is 60.1 cm³/mol. The van der Waals surface area contributed by atoms with E-state index >= 15 is 0 Å². The minimum Gasteiger partial charge on any atom is -0.376 e. The molecule has 1 aliphatic carbocycles. The SMILES string of the molecule is COC1(C(NN)c2ccccc2F)CCC1. The first-order chi connectivity index (χ1) is 7.73. The van der Waals surface area contributed by atoms with Crippen molar-refractivity contribution >= 4 is 0 Å². The number of benzene rings is 1. The van der Waals surface area contributed by atoms with Gasteiger partial charge in [0.05, 0.1) is 11.6 Å². The van der Waals surface area contributed by atoms with Crippen LogP contribution < -0.4 is 11.3 Å². The summed E-state index contributed by atoms with van der Waals surface area (Å²) < 4.78 is 19.2. The lowest BCUT2D eigenvalue weighted by atomic mass is 9.72. The summed E-state index contributed by atoms with van der Waals surface area (Å²) >= 11 is 0. The highest BCUT2D eigenvalue weighted by molar-refractivity contribution is 5.25. The molecule has 4 heteroatoms. The lowest BCUT2D eigenvalue weighted by Gasteiger charge is -2.46. The molecule has 1 saturated carbocycles. The maximum atomic E-state index is 13.7. The number of ether oxygens (including phenoxy) is 1. The second kappa shape index (κ2) is 4.49. The summed E-state index contributed by atoms with van der Waals surface area (Å²) in [7, 11) is 1.66. The Bertz CT molecular complexity index is 360. The van der Waals surface area contributed by atoms with Gasteiger partial charge in [-0.1, -0.05) is 18.2 Å². The van der Waals surface area contributed by atoms with Gasteiger partial charge in [-0.2, -0.15) is 0 Å². The van der Waals surface area contributed by atoms with Gasteiger partial charge < -0.3 is 4.74 Å². The Morgan fingerprint density at radius 1 is 1.44 bits per heavy atom. The molecule has 0 bridgehead atoms. The average molecular weight is 224 g/mol. The van der Waals surface area contributed by atoms with Crippen molar-refractivity contribution < 1.29 is 9.13 Å². The standard InChI is InChI=1S/C12H17FN2O/c1-16-12(7-4-8-12)11(15-14)9-5-2-3-6-10(9)13/h2-3,5-6,11,15H,4,7-8,14H2,1H3. The molecule has 1 fully saturated rings. The normalized spacial score (nSPS) is 20.2. The number of nitrogens with one attached hydrogen (secondary N) is 1. The zero-order valence-corrected chi connectivity index (χ0v) is 9.37. The van der Waals surface area contributed by atoms with Crippen molar-refractivity contribution in [1.29, 1.82) is 0 Å². The van der Waals surface area contributed by atoms with E-state index in [1.165, 1.54) is 6.07 Å². The Hall–Kier alpha value is -0.970. The Labute approximate surface area is 94.8 Å². The van der Waals surface area contributed by atoms with Crippen LogP contribution in [0.1, 0.15) is 30.9 Å². The molecule has 1 atom stereocenters. The zero-order valence-electron chi connectivity index (χ0n) is 9.37. The zero-order chi connectivity index (χ0) is 11.6. The summed E-state index contributed by atoms with van der Waals surface area (Å²) in [6.45, 7) is 0. The van der Waals surface area contributed by atoms with Crippen LogP contribution in [-0.2, 0) is 4.74 Å². The smallest absolute Gasteiger partial charge is 0.128 e. The van der Waals surface area contributed by atoms with E-state index in [4.69, 9.17) is 10.6 Å². The third kappa shape index (κ3) is 1.73. The van der Waals surface area contributed by atoms with Gasteiger partial charge in [0.1, 0.15) is 5.82 Å². The Balaban J connectivity index is 2.32. The fourth-order valence-corrected chi connectivity index (χ4v) is 2.37. The van der Waals surface area contributed by atoms with Crippen molar-refractivity contribution in [2.24, 2.45) is 5.84 Å². The van der Waals surface area contributed by atoms with E-state index in [9.17, 15) is 4.39 Å². The van der Waals surface area contributed by atoms with Gasteiger partial charge in [-0.3, -0.25) is 5.84 Å². The number of hydrogen-bond donors (Lipinski definition) is 2. The molecule has 1 unspecified atom stereocenters. The molecule has 0 aliphatic heterocycles. The number of rotatable bonds is 4. The quantitative estimate of drug-likeness (QED) is 0.606. The number of methoxy groups -OCH3 is 1. The molecule has 3 nitrogen and oxygen atoms in total. The monoisotopic (exact) mass is 224 g/mol. The molecule has 0 aromatic heterocycles. The van der Waals surface area contributed by atoms with Gasteiger partial charge in [0.2, 0.25) is 0 Å². The second-order valence-electron chi connectivity index (χ2n) is 4.24. The van der Waals surface area contributed by atoms with Crippen LogP contribution in [0, 0.1) is 5.82 Å². The molecule has 0 amide bonds. The maximum Gasteiger partial charge on any atom is 0.128 e. The molecule has 0 heterocycles. The van der Waals surface area contributed by atoms with Gasteiger partial charge in [-0.15, -0.1) is 0 Å². The lowest BCUT2D eigenvalue weighted by molar-refractivity contribution is -0.101. The van der Waals surface area contributed by atoms with Crippen LogP contribution in [0.4, 0.5) is 4.39 Å². The van der Waals surface area contributed by atoms with E-state index in [2.05, 4.69) is 5.43 Å². The van der Waals surface area contributed by atoms with Gasteiger partial charge in [0, 0.05) is 12.7 Å². The minimum atomic E-state index is -0.350. The summed E-state index contributed by atoms with van der Waals surface area (Å²) in [5.41, 5.74) is 2.91. The lowest BCUT2D eigenvalue weighted by Crippen LogP contribution is -2.52. The predicted octanol–water partition coefficient (Wildman–Crippen LogP) is 1.90. The average Bonchev–Trinajstić information content (AvgIpc) is 2.25. The molecular formula is C12H17FN2O. The minimum absolute atomic E-state index is 0.242. The summed E-state index contributed by atoms with van der Waals surface area (Å²) in [5.74, 6) is 5.31. The molecule has 1 aliphatic rings. The van der Waals surface area contributed by atoms with Crippen molar-refractivity contribution in [3.8, 4) is 0 Å². The van der Waals surface area contributed by atoms with Crippen LogP contribution in [0.15, 0.2) is 24.3 Å². The van der Waals surface area contributed by atoms with Crippen LogP contribution in [-0.4, -0.2) is 12.7 Å². The highest BCUT2D eigenvalue weighted by Crippen LogP contribution is 2.44. The number of hydrazine groups is 1. The van der Waals surface area contributed by atoms with E-state index in [-0.39, 0.29) is 17.5 Å². The molecule has 16 heavy (non-hydrogen) atoms. The number of halogens is 1. The van der Waals surface area contributed by atoms with E-state index < -0.39 is 0 Å². The summed E-state index contributed by atoms with van der Waals surface area (Å²) in [6, 6.07) is 6.39. The van der Waals surface area contributed by atoms with E-state index in [0.717, 1.165) is 19.3 Å². The van der Waals surface area contributed by atoms with Crippen molar-refractivity contribution in [3.63, 3.8) is 0 Å².